The molecule has 19 heavy (non-hydrogen) atoms. The van der Waals surface area contributed by atoms with Crippen LogP contribution in [-0.4, -0.2) is 25.3 Å². The van der Waals surface area contributed by atoms with Crippen LogP contribution < -0.4 is 10.2 Å². The first-order chi connectivity index (χ1) is 8.87. The van der Waals surface area contributed by atoms with Gasteiger partial charge in [0, 0.05) is 19.3 Å². The molecule has 1 aromatic rings. The van der Waals surface area contributed by atoms with Crippen LogP contribution in [0.3, 0.4) is 0 Å². The van der Waals surface area contributed by atoms with Crippen molar-refractivity contribution in [3.05, 3.63) is 29.3 Å². The summed E-state index contributed by atoms with van der Waals surface area (Å²) in [6.45, 7) is 7.50. The fourth-order valence-corrected chi connectivity index (χ4v) is 2.11. The Labute approximate surface area is 114 Å². The van der Waals surface area contributed by atoms with Gasteiger partial charge < -0.3 is 10.1 Å². The summed E-state index contributed by atoms with van der Waals surface area (Å²) in [6, 6.07) is 6.14. The fraction of sp³-hybridized carbons (Fsp3) is 0.533. The quantitative estimate of drug-likeness (QED) is 0.846. The van der Waals surface area contributed by atoms with E-state index < -0.39 is 5.60 Å². The van der Waals surface area contributed by atoms with Gasteiger partial charge in [-0.25, -0.2) is 4.79 Å². The second kappa shape index (κ2) is 5.21. The molecule has 104 valence electrons. The minimum Gasteiger partial charge on any atom is -0.443 e. The summed E-state index contributed by atoms with van der Waals surface area (Å²) in [6.07, 6.45) is 0.724. The van der Waals surface area contributed by atoms with E-state index in [1.807, 2.05) is 26.8 Å². The Morgan fingerprint density at radius 2 is 2.05 bits per heavy atom. The lowest BCUT2D eigenvalue weighted by Crippen LogP contribution is -2.34. The molecule has 1 aromatic carbocycles. The SMILES string of the molecule is CN(C(=O)OC(C)(C)C)c1ccc2c(c1)CNCC2. The molecule has 1 aliphatic rings. The van der Waals surface area contributed by atoms with Crippen LogP contribution in [0.15, 0.2) is 18.2 Å². The number of carbonyl (C=O) groups excluding carboxylic acids is 1. The first-order valence-corrected chi connectivity index (χ1v) is 6.66. The lowest BCUT2D eigenvalue weighted by molar-refractivity contribution is 0.0589. The predicted molar refractivity (Wildman–Crippen MR) is 76.5 cm³/mol. The van der Waals surface area contributed by atoms with E-state index >= 15 is 0 Å². The van der Waals surface area contributed by atoms with Gasteiger partial charge in [0.15, 0.2) is 0 Å². The molecule has 1 heterocycles. The molecular weight excluding hydrogens is 240 g/mol. The van der Waals surface area contributed by atoms with Crippen molar-refractivity contribution in [1.82, 2.24) is 5.32 Å². The summed E-state index contributed by atoms with van der Waals surface area (Å²) in [5.41, 5.74) is 3.03. The molecule has 0 bridgehead atoms. The topological polar surface area (TPSA) is 41.6 Å². The van der Waals surface area contributed by atoms with Crippen molar-refractivity contribution in [2.75, 3.05) is 18.5 Å². The number of nitrogens with one attached hydrogen (secondary N) is 1. The molecular formula is C15H22N2O2. The molecule has 0 saturated heterocycles. The highest BCUT2D eigenvalue weighted by molar-refractivity contribution is 5.87. The summed E-state index contributed by atoms with van der Waals surface area (Å²) in [5, 5.41) is 3.34. The number of hydrogen-bond donors (Lipinski definition) is 1. The molecule has 0 spiro atoms. The fourth-order valence-electron chi connectivity index (χ4n) is 2.11. The summed E-state index contributed by atoms with van der Waals surface area (Å²) < 4.78 is 5.37. The van der Waals surface area contributed by atoms with Gasteiger partial charge in [-0.3, -0.25) is 4.90 Å². The zero-order valence-electron chi connectivity index (χ0n) is 12.1. The Kier molecular flexibility index (Phi) is 3.80. The molecule has 4 nitrogen and oxygen atoms in total. The Hall–Kier alpha value is -1.55. The van der Waals surface area contributed by atoms with Gasteiger partial charge in [0.2, 0.25) is 0 Å². The number of anilines is 1. The molecule has 4 heteroatoms. The van der Waals surface area contributed by atoms with E-state index in [1.165, 1.54) is 11.1 Å². The van der Waals surface area contributed by atoms with Crippen molar-refractivity contribution in [1.29, 1.82) is 0 Å². The zero-order valence-corrected chi connectivity index (χ0v) is 12.1. The maximum atomic E-state index is 12.0. The third-order valence-electron chi connectivity index (χ3n) is 3.13. The molecule has 2 rings (SSSR count). The van der Waals surface area contributed by atoms with Gasteiger partial charge in [0.25, 0.3) is 0 Å². The molecule has 0 radical (unpaired) electrons. The van der Waals surface area contributed by atoms with E-state index in [4.69, 9.17) is 4.74 Å². The summed E-state index contributed by atoms with van der Waals surface area (Å²) >= 11 is 0. The molecule has 0 fully saturated rings. The Bertz CT molecular complexity index is 478. The largest absolute Gasteiger partial charge is 0.443 e. The second-order valence-electron chi connectivity index (χ2n) is 5.92. The van der Waals surface area contributed by atoms with E-state index in [0.717, 1.165) is 25.2 Å². The number of hydrogen-bond acceptors (Lipinski definition) is 3. The van der Waals surface area contributed by atoms with Gasteiger partial charge >= 0.3 is 6.09 Å². The highest BCUT2D eigenvalue weighted by atomic mass is 16.6. The molecule has 1 aliphatic heterocycles. The van der Waals surface area contributed by atoms with Crippen LogP contribution in [0.2, 0.25) is 0 Å². The molecule has 0 unspecified atom stereocenters. The van der Waals surface area contributed by atoms with Crippen LogP contribution in [0.4, 0.5) is 10.5 Å². The number of amides is 1. The average Bonchev–Trinajstić information content (AvgIpc) is 2.35. The van der Waals surface area contributed by atoms with Gasteiger partial charge in [0.05, 0.1) is 0 Å². The maximum absolute atomic E-state index is 12.0. The van der Waals surface area contributed by atoms with E-state index in [0.29, 0.717) is 0 Å². The standard InChI is InChI=1S/C15H22N2O2/c1-15(2,3)19-14(18)17(4)13-6-5-11-7-8-16-10-12(11)9-13/h5-6,9,16H,7-8,10H2,1-4H3. The maximum Gasteiger partial charge on any atom is 0.414 e. The van der Waals surface area contributed by atoms with E-state index in [-0.39, 0.29) is 6.09 Å². The first-order valence-electron chi connectivity index (χ1n) is 6.66. The van der Waals surface area contributed by atoms with Crippen molar-refractivity contribution in [2.45, 2.75) is 39.3 Å². The van der Waals surface area contributed by atoms with E-state index in [2.05, 4.69) is 17.4 Å². The van der Waals surface area contributed by atoms with E-state index in [9.17, 15) is 4.79 Å². The average molecular weight is 262 g/mol. The zero-order chi connectivity index (χ0) is 14.0. The minimum absolute atomic E-state index is 0.323. The lowest BCUT2D eigenvalue weighted by atomic mass is 10.0. The minimum atomic E-state index is -0.471. The number of carbonyl (C=O) groups is 1. The number of ether oxygens (including phenoxy) is 1. The third kappa shape index (κ3) is 3.47. The second-order valence-corrected chi connectivity index (χ2v) is 5.92. The van der Waals surface area contributed by atoms with Crippen LogP contribution in [-0.2, 0) is 17.7 Å². The first kappa shape index (κ1) is 13.9. The predicted octanol–water partition coefficient (Wildman–Crippen LogP) is 2.70. The normalized spacial score (nSPS) is 14.7. The smallest absolute Gasteiger partial charge is 0.414 e. The van der Waals surface area contributed by atoms with Gasteiger partial charge in [-0.15, -0.1) is 0 Å². The molecule has 0 aromatic heterocycles. The van der Waals surface area contributed by atoms with Crippen molar-refractivity contribution >= 4 is 11.8 Å². The molecule has 1 amide bonds. The third-order valence-corrected chi connectivity index (χ3v) is 3.13. The van der Waals surface area contributed by atoms with Crippen LogP contribution in [0, 0.1) is 0 Å². The van der Waals surface area contributed by atoms with E-state index in [1.54, 1.807) is 11.9 Å². The molecule has 0 aliphatic carbocycles. The van der Waals surface area contributed by atoms with Crippen molar-refractivity contribution in [3.63, 3.8) is 0 Å². The number of rotatable bonds is 1. The monoisotopic (exact) mass is 262 g/mol. The molecule has 1 N–H and O–H groups in total. The van der Waals surface area contributed by atoms with Crippen molar-refractivity contribution in [3.8, 4) is 0 Å². The Balaban J connectivity index is 2.15. The molecule has 0 saturated carbocycles. The summed E-state index contributed by atoms with van der Waals surface area (Å²) in [4.78, 5) is 13.6. The number of nitrogens with zero attached hydrogens (tertiary/aromatic N) is 1. The lowest BCUT2D eigenvalue weighted by Gasteiger charge is -2.26. The Morgan fingerprint density at radius 1 is 1.32 bits per heavy atom. The van der Waals surface area contributed by atoms with Crippen molar-refractivity contribution in [2.24, 2.45) is 0 Å². The highest BCUT2D eigenvalue weighted by Crippen LogP contribution is 2.22. The van der Waals surface area contributed by atoms with Gasteiger partial charge in [-0.1, -0.05) is 6.07 Å². The van der Waals surface area contributed by atoms with Crippen LogP contribution >= 0.6 is 0 Å². The van der Waals surface area contributed by atoms with Gasteiger partial charge in [0.1, 0.15) is 5.60 Å². The van der Waals surface area contributed by atoms with Gasteiger partial charge in [-0.05, 0) is 57.0 Å². The number of fused-ring (bicyclic) bond motifs is 1. The summed E-state index contributed by atoms with van der Waals surface area (Å²) in [5.74, 6) is 0. The summed E-state index contributed by atoms with van der Waals surface area (Å²) in [7, 11) is 1.74. The number of benzene rings is 1. The van der Waals surface area contributed by atoms with Gasteiger partial charge in [-0.2, -0.15) is 0 Å². The van der Waals surface area contributed by atoms with Crippen molar-refractivity contribution < 1.29 is 9.53 Å². The van der Waals surface area contributed by atoms with Crippen LogP contribution in [0.1, 0.15) is 31.9 Å². The van der Waals surface area contributed by atoms with Crippen LogP contribution in [0.5, 0.6) is 0 Å². The Morgan fingerprint density at radius 3 is 2.74 bits per heavy atom. The van der Waals surface area contributed by atoms with Crippen LogP contribution in [0.25, 0.3) is 0 Å². The molecule has 0 atom stereocenters. The highest BCUT2D eigenvalue weighted by Gasteiger charge is 2.21.